The maximum Gasteiger partial charge on any atom is 0.132 e. The summed E-state index contributed by atoms with van der Waals surface area (Å²) in [5.41, 5.74) is 3.79. The fraction of sp³-hybridized carbons (Fsp3) is 0.577. The van der Waals surface area contributed by atoms with Crippen LogP contribution in [0.25, 0.3) is 11.3 Å². The molecule has 2 aromatic rings. The number of hydrogen-bond acceptors (Lipinski definition) is 1. The summed E-state index contributed by atoms with van der Waals surface area (Å²) >= 11 is 0. The summed E-state index contributed by atoms with van der Waals surface area (Å²) in [6.07, 6.45) is 15.7. The summed E-state index contributed by atoms with van der Waals surface area (Å²) in [5.74, 6) is 1.40. The number of pyridine rings is 1. The van der Waals surface area contributed by atoms with Crippen LogP contribution in [0.4, 0.5) is 4.39 Å². The van der Waals surface area contributed by atoms with E-state index in [1.807, 2.05) is 18.3 Å². The van der Waals surface area contributed by atoms with Crippen molar-refractivity contribution in [1.29, 1.82) is 0 Å². The second kappa shape index (κ2) is 10.7. The van der Waals surface area contributed by atoms with Gasteiger partial charge in [-0.25, -0.2) is 4.39 Å². The van der Waals surface area contributed by atoms with E-state index in [1.165, 1.54) is 63.4 Å². The monoisotopic (exact) mass is 381 g/mol. The molecule has 0 bridgehead atoms. The highest BCUT2D eigenvalue weighted by Gasteiger charge is 2.22. The van der Waals surface area contributed by atoms with Crippen LogP contribution in [0.5, 0.6) is 0 Å². The van der Waals surface area contributed by atoms with Crippen molar-refractivity contribution in [3.63, 3.8) is 0 Å². The van der Waals surface area contributed by atoms with Crippen molar-refractivity contribution < 1.29 is 4.39 Å². The first-order chi connectivity index (χ1) is 13.7. The highest BCUT2D eigenvalue weighted by atomic mass is 19.1. The highest BCUT2D eigenvalue weighted by molar-refractivity contribution is 5.60. The molecule has 0 N–H and O–H groups in total. The van der Waals surface area contributed by atoms with E-state index in [1.54, 1.807) is 6.07 Å². The molecule has 0 saturated heterocycles. The molecule has 1 aromatic carbocycles. The minimum absolute atomic E-state index is 0.145. The van der Waals surface area contributed by atoms with Gasteiger partial charge in [0.25, 0.3) is 0 Å². The van der Waals surface area contributed by atoms with Crippen LogP contribution in [-0.4, -0.2) is 4.98 Å². The van der Waals surface area contributed by atoms with Gasteiger partial charge in [-0.15, -0.1) is 0 Å². The molecule has 152 valence electrons. The SMILES string of the molecule is CCCCCCc1ccc(-c2ccc([C@H]3CC[C@H](CCC)CC3)cn2)c(F)c1. The predicted octanol–water partition coefficient (Wildman–Crippen LogP) is 8.08. The van der Waals surface area contributed by atoms with Crippen LogP contribution in [0.3, 0.4) is 0 Å². The molecule has 1 aliphatic carbocycles. The van der Waals surface area contributed by atoms with Gasteiger partial charge in [0.2, 0.25) is 0 Å². The van der Waals surface area contributed by atoms with Crippen LogP contribution >= 0.6 is 0 Å². The summed E-state index contributed by atoms with van der Waals surface area (Å²) in [6, 6.07) is 9.85. The molecule has 1 aliphatic rings. The first-order valence-electron chi connectivity index (χ1n) is 11.5. The van der Waals surface area contributed by atoms with Gasteiger partial charge in [0, 0.05) is 11.8 Å². The first-order valence-corrected chi connectivity index (χ1v) is 11.5. The Bertz CT molecular complexity index is 714. The molecule has 2 heteroatoms. The summed E-state index contributed by atoms with van der Waals surface area (Å²) < 4.78 is 14.6. The highest BCUT2D eigenvalue weighted by Crippen LogP contribution is 2.37. The van der Waals surface area contributed by atoms with Gasteiger partial charge in [-0.05, 0) is 79.7 Å². The van der Waals surface area contributed by atoms with Crippen LogP contribution < -0.4 is 0 Å². The molecule has 0 unspecified atom stereocenters. The van der Waals surface area contributed by atoms with E-state index >= 15 is 0 Å². The lowest BCUT2D eigenvalue weighted by molar-refractivity contribution is 0.308. The predicted molar refractivity (Wildman–Crippen MR) is 117 cm³/mol. The number of halogens is 1. The standard InChI is InChI=1S/C26H36FN/c1-3-5-6-7-9-21-12-16-24(25(27)18-21)26-17-15-23(19-28-26)22-13-10-20(8-4-2)11-14-22/h12,15-20,22H,3-11,13-14H2,1-2H3/t20-,22-. The molecule has 28 heavy (non-hydrogen) atoms. The Hall–Kier alpha value is -1.70. The second-order valence-electron chi connectivity index (χ2n) is 8.61. The lowest BCUT2D eigenvalue weighted by Crippen LogP contribution is -2.13. The van der Waals surface area contributed by atoms with Crippen molar-refractivity contribution in [2.45, 2.75) is 90.4 Å². The van der Waals surface area contributed by atoms with Gasteiger partial charge in [0.1, 0.15) is 5.82 Å². The number of benzene rings is 1. The average Bonchev–Trinajstić information content (AvgIpc) is 2.72. The van der Waals surface area contributed by atoms with Crippen molar-refractivity contribution >= 4 is 0 Å². The average molecular weight is 382 g/mol. The zero-order valence-corrected chi connectivity index (χ0v) is 17.7. The maximum atomic E-state index is 14.6. The Morgan fingerprint density at radius 3 is 2.39 bits per heavy atom. The van der Waals surface area contributed by atoms with Gasteiger partial charge in [-0.2, -0.15) is 0 Å². The Morgan fingerprint density at radius 2 is 1.75 bits per heavy atom. The third-order valence-electron chi connectivity index (χ3n) is 6.43. The molecular weight excluding hydrogens is 345 g/mol. The van der Waals surface area contributed by atoms with Crippen molar-refractivity contribution in [3.8, 4) is 11.3 Å². The van der Waals surface area contributed by atoms with Crippen LogP contribution in [0.2, 0.25) is 0 Å². The Labute approximate surface area is 170 Å². The largest absolute Gasteiger partial charge is 0.256 e. The summed E-state index contributed by atoms with van der Waals surface area (Å²) in [7, 11) is 0. The number of aryl methyl sites for hydroxylation is 1. The minimum Gasteiger partial charge on any atom is -0.256 e. The van der Waals surface area contributed by atoms with E-state index in [4.69, 9.17) is 0 Å². The van der Waals surface area contributed by atoms with Gasteiger partial charge in [-0.3, -0.25) is 4.98 Å². The number of hydrogen-bond donors (Lipinski definition) is 0. The van der Waals surface area contributed by atoms with Crippen molar-refractivity contribution in [1.82, 2.24) is 4.98 Å². The molecule has 0 atom stereocenters. The molecular formula is C26H36FN. The smallest absolute Gasteiger partial charge is 0.132 e. The van der Waals surface area contributed by atoms with Gasteiger partial charge in [0.05, 0.1) is 5.69 Å². The Morgan fingerprint density at radius 1 is 0.929 bits per heavy atom. The topological polar surface area (TPSA) is 12.9 Å². The number of aromatic nitrogens is 1. The van der Waals surface area contributed by atoms with Gasteiger partial charge in [-0.1, -0.05) is 58.1 Å². The molecule has 1 aromatic heterocycles. The minimum atomic E-state index is -0.145. The van der Waals surface area contributed by atoms with E-state index in [2.05, 4.69) is 31.0 Å². The van der Waals surface area contributed by atoms with E-state index < -0.39 is 0 Å². The van der Waals surface area contributed by atoms with Crippen molar-refractivity contribution in [2.24, 2.45) is 5.92 Å². The third-order valence-corrected chi connectivity index (χ3v) is 6.43. The molecule has 0 spiro atoms. The van der Waals surface area contributed by atoms with Gasteiger partial charge >= 0.3 is 0 Å². The van der Waals surface area contributed by atoms with E-state index in [-0.39, 0.29) is 5.82 Å². The molecule has 1 saturated carbocycles. The zero-order valence-electron chi connectivity index (χ0n) is 17.7. The molecule has 0 radical (unpaired) electrons. The molecule has 0 amide bonds. The summed E-state index contributed by atoms with van der Waals surface area (Å²) in [6.45, 7) is 4.50. The van der Waals surface area contributed by atoms with Crippen molar-refractivity contribution in [2.75, 3.05) is 0 Å². The van der Waals surface area contributed by atoms with Gasteiger partial charge in [0.15, 0.2) is 0 Å². The van der Waals surface area contributed by atoms with Crippen LogP contribution in [-0.2, 0) is 6.42 Å². The normalized spacial score (nSPS) is 19.7. The fourth-order valence-corrected chi connectivity index (χ4v) is 4.68. The lowest BCUT2D eigenvalue weighted by Gasteiger charge is -2.28. The zero-order chi connectivity index (χ0) is 19.8. The third kappa shape index (κ3) is 5.65. The number of unbranched alkanes of at least 4 members (excludes halogenated alkanes) is 3. The second-order valence-corrected chi connectivity index (χ2v) is 8.61. The fourth-order valence-electron chi connectivity index (χ4n) is 4.68. The number of rotatable bonds is 9. The maximum absolute atomic E-state index is 14.6. The van der Waals surface area contributed by atoms with Crippen LogP contribution in [0.1, 0.15) is 95.1 Å². The lowest BCUT2D eigenvalue weighted by atomic mass is 9.77. The molecule has 1 nitrogen and oxygen atoms in total. The summed E-state index contributed by atoms with van der Waals surface area (Å²) in [4.78, 5) is 4.62. The molecule has 3 rings (SSSR count). The van der Waals surface area contributed by atoms with Crippen molar-refractivity contribution in [3.05, 3.63) is 53.5 Å². The van der Waals surface area contributed by atoms with E-state index in [0.29, 0.717) is 11.5 Å². The van der Waals surface area contributed by atoms with Crippen LogP contribution in [0.15, 0.2) is 36.5 Å². The molecule has 1 fully saturated rings. The van der Waals surface area contributed by atoms with Gasteiger partial charge < -0.3 is 0 Å². The Kier molecular flexibility index (Phi) is 8.06. The van der Waals surface area contributed by atoms with Crippen LogP contribution in [0, 0.1) is 11.7 Å². The first kappa shape index (κ1) is 21.0. The molecule has 1 heterocycles. The molecule has 0 aliphatic heterocycles. The summed E-state index contributed by atoms with van der Waals surface area (Å²) in [5, 5.41) is 0. The number of nitrogens with zero attached hydrogens (tertiary/aromatic N) is 1. The Balaban J connectivity index is 1.60. The van der Waals surface area contributed by atoms with E-state index in [0.717, 1.165) is 30.0 Å². The van der Waals surface area contributed by atoms with E-state index in [9.17, 15) is 4.39 Å². The quantitative estimate of drug-likeness (QED) is 0.400.